The summed E-state index contributed by atoms with van der Waals surface area (Å²) in [6.45, 7) is 1.92. The van der Waals surface area contributed by atoms with Crippen LogP contribution in [0, 0.1) is 29.6 Å². The minimum atomic E-state index is 0.184. The number of pyridine rings is 1. The van der Waals surface area contributed by atoms with E-state index in [0.717, 1.165) is 28.0 Å². The van der Waals surface area contributed by atoms with E-state index in [4.69, 9.17) is 15.7 Å². The molecule has 0 aliphatic heterocycles. The second-order valence-corrected chi connectivity index (χ2v) is 5.75. The molecule has 5 heteroatoms. The number of nitriles is 2. The Balaban J connectivity index is 2.24. The van der Waals surface area contributed by atoms with E-state index in [-0.39, 0.29) is 5.82 Å². The highest BCUT2D eigenvalue weighted by Gasteiger charge is 2.18. The number of nitrogen functional groups attached to an aromatic ring is 1. The van der Waals surface area contributed by atoms with Crippen molar-refractivity contribution in [1.82, 2.24) is 4.98 Å². The van der Waals surface area contributed by atoms with Gasteiger partial charge in [0, 0.05) is 11.1 Å². The lowest BCUT2D eigenvalue weighted by Crippen LogP contribution is -2.03. The number of benzene rings is 2. The summed E-state index contributed by atoms with van der Waals surface area (Å²) in [7, 11) is 1.61. The predicted octanol–water partition coefficient (Wildman–Crippen LogP) is 4.06. The van der Waals surface area contributed by atoms with Crippen LogP contribution in [0.15, 0.2) is 48.5 Å². The van der Waals surface area contributed by atoms with Gasteiger partial charge in [-0.05, 0) is 54.4 Å². The second kappa shape index (κ2) is 6.96. The molecule has 0 radical (unpaired) electrons. The molecule has 1 heterocycles. The monoisotopic (exact) mass is 340 g/mol. The first-order valence-electron chi connectivity index (χ1n) is 7.94. The molecule has 0 saturated carbocycles. The van der Waals surface area contributed by atoms with Crippen LogP contribution in [0.2, 0.25) is 0 Å². The zero-order valence-electron chi connectivity index (χ0n) is 14.4. The van der Waals surface area contributed by atoms with Gasteiger partial charge in [0.15, 0.2) is 0 Å². The Morgan fingerprint density at radius 3 is 2.08 bits per heavy atom. The van der Waals surface area contributed by atoms with Crippen LogP contribution in [0.4, 0.5) is 5.82 Å². The molecule has 0 bridgehead atoms. The van der Waals surface area contributed by atoms with Crippen molar-refractivity contribution in [3.63, 3.8) is 0 Å². The first-order valence-corrected chi connectivity index (χ1v) is 7.94. The van der Waals surface area contributed by atoms with Crippen LogP contribution in [0.1, 0.15) is 16.7 Å². The van der Waals surface area contributed by atoms with E-state index in [1.165, 1.54) is 0 Å². The molecule has 0 fully saturated rings. The summed E-state index contributed by atoms with van der Waals surface area (Å²) in [5.41, 5.74) is 11.0. The molecule has 0 aliphatic carbocycles. The first kappa shape index (κ1) is 17.0. The summed E-state index contributed by atoms with van der Waals surface area (Å²) < 4.78 is 5.20. The number of aromatic nitrogens is 1. The summed E-state index contributed by atoms with van der Waals surface area (Å²) in [5, 5.41) is 18.6. The van der Waals surface area contributed by atoms with Crippen LogP contribution in [-0.4, -0.2) is 12.1 Å². The molecule has 0 unspecified atom stereocenters. The van der Waals surface area contributed by atoms with Gasteiger partial charge in [-0.2, -0.15) is 10.5 Å². The fourth-order valence-electron chi connectivity index (χ4n) is 2.91. The maximum absolute atomic E-state index is 9.58. The van der Waals surface area contributed by atoms with Crippen molar-refractivity contribution < 1.29 is 4.74 Å². The van der Waals surface area contributed by atoms with Crippen LogP contribution in [-0.2, 0) is 0 Å². The average Bonchev–Trinajstić information content (AvgIpc) is 2.69. The van der Waals surface area contributed by atoms with Crippen LogP contribution in [0.25, 0.3) is 22.4 Å². The zero-order valence-corrected chi connectivity index (χ0v) is 14.4. The van der Waals surface area contributed by atoms with Crippen molar-refractivity contribution in [3.8, 4) is 40.3 Å². The van der Waals surface area contributed by atoms with Crippen LogP contribution in [0.5, 0.6) is 5.75 Å². The number of rotatable bonds is 3. The minimum absolute atomic E-state index is 0.184. The van der Waals surface area contributed by atoms with E-state index in [1.54, 1.807) is 19.2 Å². The van der Waals surface area contributed by atoms with Crippen molar-refractivity contribution in [2.45, 2.75) is 6.92 Å². The normalized spacial score (nSPS) is 10.0. The summed E-state index contributed by atoms with van der Waals surface area (Å²) >= 11 is 0. The summed E-state index contributed by atoms with van der Waals surface area (Å²) in [5.74, 6) is 0.934. The maximum Gasteiger partial charge on any atom is 0.142 e. The molecular formula is C21H16N4O. The average molecular weight is 340 g/mol. The Kier molecular flexibility index (Phi) is 4.55. The van der Waals surface area contributed by atoms with Crippen LogP contribution in [0.3, 0.4) is 0 Å². The van der Waals surface area contributed by atoms with E-state index >= 15 is 0 Å². The molecular weight excluding hydrogens is 324 g/mol. The SMILES string of the molecule is COc1ccc(-c2nc(N)c(C#N)c(-c3ccc(C#N)cc3)c2C)cc1. The molecule has 0 saturated heterocycles. The van der Waals surface area contributed by atoms with Crippen molar-refractivity contribution in [2.75, 3.05) is 12.8 Å². The highest BCUT2D eigenvalue weighted by atomic mass is 16.5. The molecule has 5 nitrogen and oxygen atoms in total. The molecule has 2 aromatic carbocycles. The molecule has 2 N–H and O–H groups in total. The molecule has 3 aromatic rings. The Labute approximate surface area is 151 Å². The van der Waals surface area contributed by atoms with E-state index < -0.39 is 0 Å². The van der Waals surface area contributed by atoms with Gasteiger partial charge in [0.2, 0.25) is 0 Å². The number of anilines is 1. The Morgan fingerprint density at radius 2 is 1.54 bits per heavy atom. The summed E-state index contributed by atoms with van der Waals surface area (Å²) in [6.07, 6.45) is 0. The van der Waals surface area contributed by atoms with E-state index in [0.29, 0.717) is 16.8 Å². The smallest absolute Gasteiger partial charge is 0.142 e. The number of methoxy groups -OCH3 is 1. The van der Waals surface area contributed by atoms with Gasteiger partial charge in [0.1, 0.15) is 23.2 Å². The molecule has 3 rings (SSSR count). The molecule has 1 aromatic heterocycles. The highest BCUT2D eigenvalue weighted by Crippen LogP contribution is 2.36. The third-order valence-electron chi connectivity index (χ3n) is 4.25. The number of nitrogens with two attached hydrogens (primary N) is 1. The lowest BCUT2D eigenvalue weighted by atomic mass is 9.92. The van der Waals surface area contributed by atoms with Gasteiger partial charge >= 0.3 is 0 Å². The van der Waals surface area contributed by atoms with Crippen LogP contribution < -0.4 is 10.5 Å². The maximum atomic E-state index is 9.58. The van der Waals surface area contributed by atoms with Crippen molar-refractivity contribution in [3.05, 3.63) is 65.2 Å². The van der Waals surface area contributed by atoms with Gasteiger partial charge in [-0.15, -0.1) is 0 Å². The summed E-state index contributed by atoms with van der Waals surface area (Å²) in [4.78, 5) is 4.45. The van der Waals surface area contributed by atoms with Gasteiger partial charge in [0.25, 0.3) is 0 Å². The van der Waals surface area contributed by atoms with Gasteiger partial charge in [0.05, 0.1) is 24.4 Å². The third-order valence-corrected chi connectivity index (χ3v) is 4.25. The quantitative estimate of drug-likeness (QED) is 0.775. The zero-order chi connectivity index (χ0) is 18.7. The highest BCUT2D eigenvalue weighted by molar-refractivity contribution is 5.84. The Morgan fingerprint density at radius 1 is 0.923 bits per heavy atom. The summed E-state index contributed by atoms with van der Waals surface area (Å²) in [6, 6.07) is 18.8. The Bertz CT molecular complexity index is 1040. The predicted molar refractivity (Wildman–Crippen MR) is 100 cm³/mol. The minimum Gasteiger partial charge on any atom is -0.497 e. The largest absolute Gasteiger partial charge is 0.497 e. The van der Waals surface area contributed by atoms with Crippen molar-refractivity contribution in [1.29, 1.82) is 10.5 Å². The number of nitrogens with zero attached hydrogens (tertiary/aromatic N) is 3. The van der Waals surface area contributed by atoms with Gasteiger partial charge in [-0.3, -0.25) is 0 Å². The molecule has 126 valence electrons. The van der Waals surface area contributed by atoms with Gasteiger partial charge in [-0.25, -0.2) is 4.98 Å². The fourth-order valence-corrected chi connectivity index (χ4v) is 2.91. The third kappa shape index (κ3) is 2.94. The molecule has 0 amide bonds. The lowest BCUT2D eigenvalue weighted by molar-refractivity contribution is 0.415. The Hall–Kier alpha value is -3.83. The lowest BCUT2D eigenvalue weighted by Gasteiger charge is -2.15. The molecule has 0 aliphatic rings. The standard InChI is InChI=1S/C21H16N4O/c1-13-19(15-5-3-14(11-22)4-6-15)18(12-23)21(24)25-20(13)16-7-9-17(26-2)10-8-16/h3-10H,1-2H3,(H2,24,25). The number of hydrogen-bond donors (Lipinski definition) is 1. The number of ether oxygens (including phenoxy) is 1. The van der Waals surface area contributed by atoms with E-state index in [2.05, 4.69) is 17.1 Å². The number of hydrogen-bond acceptors (Lipinski definition) is 5. The van der Waals surface area contributed by atoms with Crippen LogP contribution >= 0.6 is 0 Å². The molecule has 26 heavy (non-hydrogen) atoms. The van der Waals surface area contributed by atoms with E-state index in [1.807, 2.05) is 43.3 Å². The topological polar surface area (TPSA) is 95.7 Å². The van der Waals surface area contributed by atoms with Crippen molar-refractivity contribution >= 4 is 5.82 Å². The fraction of sp³-hybridized carbons (Fsp3) is 0.0952. The van der Waals surface area contributed by atoms with Gasteiger partial charge in [-0.1, -0.05) is 12.1 Å². The molecule has 0 atom stereocenters. The van der Waals surface area contributed by atoms with Crippen molar-refractivity contribution in [2.24, 2.45) is 0 Å². The second-order valence-electron chi connectivity index (χ2n) is 5.75. The first-order chi connectivity index (χ1) is 12.6. The van der Waals surface area contributed by atoms with E-state index in [9.17, 15) is 5.26 Å². The van der Waals surface area contributed by atoms with Gasteiger partial charge < -0.3 is 10.5 Å². The molecule has 0 spiro atoms.